The van der Waals surface area contributed by atoms with E-state index < -0.39 is 0 Å². The molecule has 192 valence electrons. The second-order valence-electron chi connectivity index (χ2n) is 8.90. The van der Waals surface area contributed by atoms with Crippen LogP contribution in [0.15, 0.2) is 0 Å². The smallest absolute Gasteiger partial charge is 0.132 e. The SMILES string of the molecule is CCCCCCCCCCCCCCCCCC(=O)CCCOCCOCCOCCO. The van der Waals surface area contributed by atoms with Crippen molar-refractivity contribution in [2.75, 3.05) is 46.2 Å². The van der Waals surface area contributed by atoms with Crippen molar-refractivity contribution in [2.45, 2.75) is 122 Å². The molecule has 0 heterocycles. The maximum absolute atomic E-state index is 11.9. The molecule has 0 atom stereocenters. The lowest BCUT2D eigenvalue weighted by Crippen LogP contribution is -2.11. The van der Waals surface area contributed by atoms with Crippen LogP contribution in [0.25, 0.3) is 0 Å². The van der Waals surface area contributed by atoms with E-state index in [1.54, 1.807) is 0 Å². The molecule has 0 amide bonds. The molecule has 1 N–H and O–H groups in total. The third-order valence-corrected chi connectivity index (χ3v) is 5.78. The molecule has 0 bridgehead atoms. The summed E-state index contributed by atoms with van der Waals surface area (Å²) in [6.45, 7) is 5.39. The summed E-state index contributed by atoms with van der Waals surface area (Å²) in [5.41, 5.74) is 0. The molecule has 0 radical (unpaired) electrons. The number of rotatable bonds is 28. The quantitative estimate of drug-likeness (QED) is 0.133. The Morgan fingerprint density at radius 2 is 0.875 bits per heavy atom. The first-order valence-corrected chi connectivity index (χ1v) is 13.7. The minimum atomic E-state index is 0.0429. The summed E-state index contributed by atoms with van der Waals surface area (Å²) in [5.74, 6) is 0.376. The molecular weight excluding hydrogens is 404 g/mol. The maximum Gasteiger partial charge on any atom is 0.132 e. The Kier molecular flexibility index (Phi) is 28.1. The Labute approximate surface area is 199 Å². The predicted molar refractivity (Wildman–Crippen MR) is 133 cm³/mol. The molecule has 0 aliphatic carbocycles. The van der Waals surface area contributed by atoms with Crippen molar-refractivity contribution in [3.8, 4) is 0 Å². The van der Waals surface area contributed by atoms with Gasteiger partial charge in [0.2, 0.25) is 0 Å². The summed E-state index contributed by atoms with van der Waals surface area (Å²) in [6, 6.07) is 0. The fourth-order valence-electron chi connectivity index (χ4n) is 3.80. The fraction of sp³-hybridized carbons (Fsp3) is 0.963. The van der Waals surface area contributed by atoms with Gasteiger partial charge in [-0.1, -0.05) is 96.8 Å². The van der Waals surface area contributed by atoms with Gasteiger partial charge in [-0.15, -0.1) is 0 Å². The fourth-order valence-corrected chi connectivity index (χ4v) is 3.80. The lowest BCUT2D eigenvalue weighted by Gasteiger charge is -2.06. The van der Waals surface area contributed by atoms with Gasteiger partial charge >= 0.3 is 0 Å². The Hall–Kier alpha value is -0.490. The van der Waals surface area contributed by atoms with Gasteiger partial charge in [-0.2, -0.15) is 0 Å². The normalized spacial score (nSPS) is 11.3. The average Bonchev–Trinajstić information content (AvgIpc) is 2.80. The van der Waals surface area contributed by atoms with Crippen LogP contribution in [0, 0.1) is 0 Å². The topological polar surface area (TPSA) is 65.0 Å². The zero-order valence-corrected chi connectivity index (χ0v) is 21.3. The molecule has 5 heteroatoms. The number of aliphatic hydroxyl groups is 1. The third kappa shape index (κ3) is 27.5. The maximum atomic E-state index is 11.9. The van der Waals surface area contributed by atoms with Crippen LogP contribution in [-0.4, -0.2) is 57.1 Å². The van der Waals surface area contributed by atoms with Gasteiger partial charge < -0.3 is 19.3 Å². The van der Waals surface area contributed by atoms with E-state index >= 15 is 0 Å². The van der Waals surface area contributed by atoms with Gasteiger partial charge in [-0.05, 0) is 12.8 Å². The van der Waals surface area contributed by atoms with Crippen molar-refractivity contribution < 1.29 is 24.1 Å². The highest BCUT2D eigenvalue weighted by Gasteiger charge is 2.02. The Morgan fingerprint density at radius 1 is 0.500 bits per heavy atom. The Morgan fingerprint density at radius 3 is 1.34 bits per heavy atom. The standard InChI is InChI=1S/C27H54O5/c1-2-3-4-5-6-7-8-9-10-11-12-13-14-15-16-18-27(29)19-17-21-30-23-25-32-26-24-31-22-20-28/h28H,2-26H2,1H3. The molecule has 0 aliphatic heterocycles. The van der Waals surface area contributed by atoms with Gasteiger partial charge in [0.05, 0.1) is 39.6 Å². The number of hydrogen-bond donors (Lipinski definition) is 1. The molecule has 0 saturated carbocycles. The van der Waals surface area contributed by atoms with Gasteiger partial charge in [-0.25, -0.2) is 0 Å². The van der Waals surface area contributed by atoms with Crippen LogP contribution in [0.4, 0.5) is 0 Å². The number of carbonyl (C=O) groups is 1. The summed E-state index contributed by atoms with van der Waals surface area (Å²) in [4.78, 5) is 11.9. The average molecular weight is 459 g/mol. The number of hydrogen-bond acceptors (Lipinski definition) is 5. The molecule has 0 saturated heterocycles. The summed E-state index contributed by atoms with van der Waals surface area (Å²) >= 11 is 0. The second kappa shape index (κ2) is 28.5. The molecule has 0 aliphatic rings. The first-order valence-electron chi connectivity index (χ1n) is 13.7. The van der Waals surface area contributed by atoms with Crippen LogP contribution in [0.1, 0.15) is 122 Å². The number of aliphatic hydroxyl groups excluding tert-OH is 1. The molecule has 0 rings (SSSR count). The zero-order chi connectivity index (χ0) is 23.4. The highest BCUT2D eigenvalue weighted by Crippen LogP contribution is 2.14. The minimum absolute atomic E-state index is 0.0429. The third-order valence-electron chi connectivity index (χ3n) is 5.78. The van der Waals surface area contributed by atoms with E-state index in [0.29, 0.717) is 51.8 Å². The van der Waals surface area contributed by atoms with E-state index in [4.69, 9.17) is 19.3 Å². The van der Waals surface area contributed by atoms with Crippen LogP contribution in [0.5, 0.6) is 0 Å². The van der Waals surface area contributed by atoms with Gasteiger partial charge in [-0.3, -0.25) is 4.79 Å². The van der Waals surface area contributed by atoms with E-state index in [1.165, 1.54) is 89.9 Å². The predicted octanol–water partition coefficient (Wildman–Crippen LogP) is 6.64. The van der Waals surface area contributed by atoms with E-state index in [0.717, 1.165) is 19.3 Å². The largest absolute Gasteiger partial charge is 0.394 e. The Balaban J connectivity index is 3.13. The highest BCUT2D eigenvalue weighted by molar-refractivity contribution is 5.78. The molecular formula is C27H54O5. The van der Waals surface area contributed by atoms with Gasteiger partial charge in [0, 0.05) is 19.4 Å². The molecule has 0 unspecified atom stereocenters. The van der Waals surface area contributed by atoms with Crippen LogP contribution in [-0.2, 0) is 19.0 Å². The van der Waals surface area contributed by atoms with Crippen molar-refractivity contribution in [1.82, 2.24) is 0 Å². The van der Waals surface area contributed by atoms with Crippen molar-refractivity contribution in [2.24, 2.45) is 0 Å². The van der Waals surface area contributed by atoms with E-state index in [2.05, 4.69) is 6.92 Å². The number of ketones is 1. The number of ether oxygens (including phenoxy) is 3. The zero-order valence-electron chi connectivity index (χ0n) is 21.3. The highest BCUT2D eigenvalue weighted by atomic mass is 16.5. The lowest BCUT2D eigenvalue weighted by atomic mass is 10.0. The van der Waals surface area contributed by atoms with Crippen molar-refractivity contribution in [3.63, 3.8) is 0 Å². The molecule has 0 fully saturated rings. The molecule has 5 nitrogen and oxygen atoms in total. The van der Waals surface area contributed by atoms with Gasteiger partial charge in [0.1, 0.15) is 5.78 Å². The molecule has 32 heavy (non-hydrogen) atoms. The van der Waals surface area contributed by atoms with Crippen LogP contribution >= 0.6 is 0 Å². The summed E-state index contributed by atoms with van der Waals surface area (Å²) in [6.07, 6.45) is 22.5. The van der Waals surface area contributed by atoms with E-state index in [1.807, 2.05) is 0 Å². The minimum Gasteiger partial charge on any atom is -0.394 e. The van der Waals surface area contributed by atoms with Crippen molar-refractivity contribution >= 4 is 5.78 Å². The van der Waals surface area contributed by atoms with E-state index in [9.17, 15) is 4.79 Å². The van der Waals surface area contributed by atoms with Crippen LogP contribution < -0.4 is 0 Å². The van der Waals surface area contributed by atoms with Crippen LogP contribution in [0.3, 0.4) is 0 Å². The molecule has 0 aromatic carbocycles. The number of carbonyl (C=O) groups excluding carboxylic acids is 1. The molecule has 0 aromatic heterocycles. The monoisotopic (exact) mass is 458 g/mol. The summed E-state index contributed by atoms with van der Waals surface area (Å²) in [5, 5.41) is 8.57. The number of Topliss-reactive ketones (excluding diaryl/α,β-unsaturated/α-hetero) is 1. The first kappa shape index (κ1) is 31.5. The van der Waals surface area contributed by atoms with Gasteiger partial charge in [0.25, 0.3) is 0 Å². The second-order valence-corrected chi connectivity index (χ2v) is 8.90. The number of unbranched alkanes of at least 4 members (excludes halogenated alkanes) is 14. The van der Waals surface area contributed by atoms with Gasteiger partial charge in [0.15, 0.2) is 0 Å². The summed E-state index contributed by atoms with van der Waals surface area (Å²) in [7, 11) is 0. The van der Waals surface area contributed by atoms with Crippen molar-refractivity contribution in [3.05, 3.63) is 0 Å². The van der Waals surface area contributed by atoms with E-state index in [-0.39, 0.29) is 6.61 Å². The van der Waals surface area contributed by atoms with Crippen LogP contribution in [0.2, 0.25) is 0 Å². The summed E-state index contributed by atoms with van der Waals surface area (Å²) < 4.78 is 15.9. The lowest BCUT2D eigenvalue weighted by molar-refractivity contribution is -0.119. The Bertz CT molecular complexity index is 362. The van der Waals surface area contributed by atoms with Crippen molar-refractivity contribution in [1.29, 1.82) is 0 Å². The first-order chi connectivity index (χ1) is 15.8. The molecule has 0 spiro atoms. The molecule has 0 aromatic rings.